The van der Waals surface area contributed by atoms with E-state index < -0.39 is 0 Å². The van der Waals surface area contributed by atoms with Crippen molar-refractivity contribution in [3.63, 3.8) is 0 Å². The lowest BCUT2D eigenvalue weighted by Gasteiger charge is -2.46. The molecule has 1 aromatic rings. The molecular weight excluding hydrogens is 260 g/mol. The Morgan fingerprint density at radius 1 is 1.38 bits per heavy atom. The molecule has 3 nitrogen and oxygen atoms in total. The summed E-state index contributed by atoms with van der Waals surface area (Å²) in [6, 6.07) is 7.42. The summed E-state index contributed by atoms with van der Waals surface area (Å²) in [5.41, 5.74) is 3.07. The van der Waals surface area contributed by atoms with Crippen molar-refractivity contribution < 1.29 is 4.74 Å². The monoisotopic (exact) mass is 290 g/mol. The highest BCUT2D eigenvalue weighted by Crippen LogP contribution is 2.37. The first-order chi connectivity index (χ1) is 9.94. The number of hydrogen-bond donors (Lipinski definition) is 1. The molecule has 21 heavy (non-hydrogen) atoms. The number of nitrogens with zero attached hydrogens (tertiary/aromatic N) is 1. The molecule has 1 aliphatic rings. The third-order valence-electron chi connectivity index (χ3n) is 5.41. The number of fused-ring (bicyclic) bond motifs is 1. The van der Waals surface area contributed by atoms with Gasteiger partial charge in [0.25, 0.3) is 0 Å². The highest BCUT2D eigenvalue weighted by atomic mass is 16.5. The second-order valence-electron chi connectivity index (χ2n) is 6.71. The summed E-state index contributed by atoms with van der Waals surface area (Å²) in [5, 5.41) is 3.54. The van der Waals surface area contributed by atoms with E-state index in [0.29, 0.717) is 12.1 Å². The fourth-order valence-corrected chi connectivity index (χ4v) is 3.37. The first-order valence-electron chi connectivity index (χ1n) is 8.01. The van der Waals surface area contributed by atoms with E-state index in [1.165, 1.54) is 17.5 Å². The highest BCUT2D eigenvalue weighted by Gasteiger charge is 2.36. The molecule has 0 amide bonds. The zero-order valence-corrected chi connectivity index (χ0v) is 14.4. The SMILES string of the molecule is CCC(C)(C)N(C)C1CCc2cc(OC)ccc2C1NC. The molecule has 0 fully saturated rings. The van der Waals surface area contributed by atoms with Gasteiger partial charge in [-0.25, -0.2) is 0 Å². The van der Waals surface area contributed by atoms with E-state index in [2.05, 4.69) is 63.3 Å². The third-order valence-corrected chi connectivity index (χ3v) is 5.41. The van der Waals surface area contributed by atoms with Crippen molar-refractivity contribution in [2.24, 2.45) is 0 Å². The van der Waals surface area contributed by atoms with Crippen molar-refractivity contribution in [1.82, 2.24) is 10.2 Å². The van der Waals surface area contributed by atoms with Crippen LogP contribution >= 0.6 is 0 Å². The largest absolute Gasteiger partial charge is 0.497 e. The summed E-state index contributed by atoms with van der Waals surface area (Å²) in [6.07, 6.45) is 3.47. The van der Waals surface area contributed by atoms with Crippen LogP contribution in [0.2, 0.25) is 0 Å². The van der Waals surface area contributed by atoms with E-state index in [0.717, 1.165) is 18.6 Å². The van der Waals surface area contributed by atoms with Gasteiger partial charge in [0.05, 0.1) is 7.11 Å². The van der Waals surface area contributed by atoms with Crippen LogP contribution in [-0.4, -0.2) is 37.7 Å². The molecule has 0 saturated heterocycles. The van der Waals surface area contributed by atoms with Gasteiger partial charge < -0.3 is 10.1 Å². The second-order valence-corrected chi connectivity index (χ2v) is 6.71. The Labute approximate surface area is 129 Å². The lowest BCUT2D eigenvalue weighted by molar-refractivity contribution is 0.0660. The van der Waals surface area contributed by atoms with Crippen molar-refractivity contribution in [3.05, 3.63) is 29.3 Å². The molecule has 2 atom stereocenters. The Morgan fingerprint density at radius 2 is 2.10 bits per heavy atom. The maximum absolute atomic E-state index is 5.36. The Balaban J connectivity index is 2.32. The quantitative estimate of drug-likeness (QED) is 0.899. The van der Waals surface area contributed by atoms with E-state index in [9.17, 15) is 0 Å². The zero-order chi connectivity index (χ0) is 15.6. The van der Waals surface area contributed by atoms with E-state index in [1.807, 2.05) is 0 Å². The van der Waals surface area contributed by atoms with Gasteiger partial charge >= 0.3 is 0 Å². The van der Waals surface area contributed by atoms with E-state index in [4.69, 9.17) is 4.74 Å². The first-order valence-corrected chi connectivity index (χ1v) is 8.01. The van der Waals surface area contributed by atoms with Crippen LogP contribution in [0.25, 0.3) is 0 Å². The topological polar surface area (TPSA) is 24.5 Å². The lowest BCUT2D eigenvalue weighted by atomic mass is 9.81. The van der Waals surface area contributed by atoms with Gasteiger partial charge in [-0.1, -0.05) is 13.0 Å². The Bertz CT molecular complexity index is 484. The van der Waals surface area contributed by atoms with Crippen LogP contribution < -0.4 is 10.1 Å². The minimum atomic E-state index is 0.226. The minimum Gasteiger partial charge on any atom is -0.497 e. The molecule has 3 heteroatoms. The fraction of sp³-hybridized carbons (Fsp3) is 0.667. The smallest absolute Gasteiger partial charge is 0.119 e. The molecule has 118 valence electrons. The normalized spacial score (nSPS) is 22.2. The third kappa shape index (κ3) is 3.09. The first kappa shape index (κ1) is 16.3. The molecule has 2 unspecified atom stereocenters. The van der Waals surface area contributed by atoms with Gasteiger partial charge in [-0.2, -0.15) is 0 Å². The lowest BCUT2D eigenvalue weighted by Crippen LogP contribution is -2.53. The number of rotatable bonds is 5. The maximum Gasteiger partial charge on any atom is 0.119 e. The van der Waals surface area contributed by atoms with Crippen molar-refractivity contribution >= 4 is 0 Å². The Kier molecular flexibility index (Phi) is 4.95. The van der Waals surface area contributed by atoms with Crippen molar-refractivity contribution in [2.75, 3.05) is 21.2 Å². The van der Waals surface area contributed by atoms with Crippen molar-refractivity contribution in [3.8, 4) is 5.75 Å². The summed E-state index contributed by atoms with van der Waals surface area (Å²) >= 11 is 0. The van der Waals surface area contributed by atoms with Crippen LogP contribution in [0.3, 0.4) is 0 Å². The second kappa shape index (κ2) is 6.37. The van der Waals surface area contributed by atoms with Gasteiger partial charge in [0, 0.05) is 17.6 Å². The molecule has 1 aromatic carbocycles. The fourth-order valence-electron chi connectivity index (χ4n) is 3.37. The van der Waals surface area contributed by atoms with Crippen LogP contribution in [0, 0.1) is 0 Å². The summed E-state index contributed by atoms with van der Waals surface area (Å²) < 4.78 is 5.36. The predicted molar refractivity (Wildman–Crippen MR) is 89.0 cm³/mol. The zero-order valence-electron chi connectivity index (χ0n) is 14.4. The highest BCUT2D eigenvalue weighted by molar-refractivity contribution is 5.40. The minimum absolute atomic E-state index is 0.226. The molecule has 2 rings (SSSR count). The van der Waals surface area contributed by atoms with Gasteiger partial charge in [0.2, 0.25) is 0 Å². The van der Waals surface area contributed by atoms with Crippen LogP contribution in [0.4, 0.5) is 0 Å². The molecule has 0 aliphatic heterocycles. The number of benzene rings is 1. The maximum atomic E-state index is 5.36. The number of aryl methyl sites for hydroxylation is 1. The molecule has 1 aliphatic carbocycles. The summed E-state index contributed by atoms with van der Waals surface area (Å²) in [7, 11) is 6.08. The van der Waals surface area contributed by atoms with E-state index in [-0.39, 0.29) is 5.54 Å². The number of methoxy groups -OCH3 is 1. The van der Waals surface area contributed by atoms with Crippen LogP contribution in [0.5, 0.6) is 5.75 Å². The Morgan fingerprint density at radius 3 is 2.67 bits per heavy atom. The molecule has 1 N–H and O–H groups in total. The van der Waals surface area contributed by atoms with Crippen molar-refractivity contribution in [1.29, 1.82) is 0 Å². The average molecular weight is 290 g/mol. The molecule has 0 spiro atoms. The predicted octanol–water partition coefficient (Wildman–Crippen LogP) is 3.39. The molecule has 0 bridgehead atoms. The van der Waals surface area contributed by atoms with Crippen molar-refractivity contribution in [2.45, 2.75) is 57.7 Å². The molecule has 0 aromatic heterocycles. The van der Waals surface area contributed by atoms with E-state index >= 15 is 0 Å². The van der Waals surface area contributed by atoms with Crippen LogP contribution in [0.15, 0.2) is 18.2 Å². The average Bonchev–Trinajstić information content (AvgIpc) is 2.52. The standard InChI is InChI=1S/C18H30N2O/c1-7-18(2,3)20(5)16-11-8-13-12-14(21-6)9-10-15(13)17(16)19-4/h9-10,12,16-17,19H,7-8,11H2,1-6H3. The number of ether oxygens (including phenoxy) is 1. The molecule has 0 heterocycles. The van der Waals surface area contributed by atoms with E-state index in [1.54, 1.807) is 7.11 Å². The van der Waals surface area contributed by atoms with Gasteiger partial charge in [-0.05, 0) is 70.5 Å². The van der Waals surface area contributed by atoms with Gasteiger partial charge in [-0.3, -0.25) is 4.90 Å². The summed E-state index contributed by atoms with van der Waals surface area (Å²) in [6.45, 7) is 6.94. The van der Waals surface area contributed by atoms with Gasteiger partial charge in [0.1, 0.15) is 5.75 Å². The van der Waals surface area contributed by atoms with Crippen LogP contribution in [0.1, 0.15) is 50.8 Å². The summed E-state index contributed by atoms with van der Waals surface area (Å²) in [4.78, 5) is 2.56. The van der Waals surface area contributed by atoms with Gasteiger partial charge in [-0.15, -0.1) is 0 Å². The molecular formula is C18H30N2O. The number of likely N-dealkylation sites (N-methyl/N-ethyl adjacent to an activating group) is 2. The molecule has 0 saturated carbocycles. The van der Waals surface area contributed by atoms with Gasteiger partial charge in [0.15, 0.2) is 0 Å². The molecule has 0 radical (unpaired) electrons. The number of nitrogens with one attached hydrogen (secondary N) is 1. The summed E-state index contributed by atoms with van der Waals surface area (Å²) in [5.74, 6) is 0.962. The number of hydrogen-bond acceptors (Lipinski definition) is 3. The Hall–Kier alpha value is -1.06. The van der Waals surface area contributed by atoms with Crippen LogP contribution in [-0.2, 0) is 6.42 Å².